The molecule has 120 valence electrons. The second-order valence-electron chi connectivity index (χ2n) is 4.25. The molecular formula is C11H23N7O3. The molecule has 0 heterocycles. The summed E-state index contributed by atoms with van der Waals surface area (Å²) in [5.74, 6) is -1.46. The molecule has 0 aromatic carbocycles. The van der Waals surface area contributed by atoms with Crippen LogP contribution in [0.2, 0.25) is 0 Å². The van der Waals surface area contributed by atoms with Gasteiger partial charge in [-0.1, -0.05) is 0 Å². The van der Waals surface area contributed by atoms with Gasteiger partial charge in [0.15, 0.2) is 5.96 Å². The van der Waals surface area contributed by atoms with Gasteiger partial charge in [-0.2, -0.15) is 0 Å². The molecule has 10 nitrogen and oxygen atoms in total. The summed E-state index contributed by atoms with van der Waals surface area (Å²) >= 11 is 0. The normalized spacial score (nSPS) is 11.3. The Hall–Kier alpha value is -2.36. The van der Waals surface area contributed by atoms with Crippen LogP contribution in [-0.4, -0.2) is 56.4 Å². The van der Waals surface area contributed by atoms with E-state index in [1.807, 2.05) is 0 Å². The molecule has 0 aromatic rings. The Morgan fingerprint density at radius 2 is 1.76 bits per heavy atom. The van der Waals surface area contributed by atoms with E-state index in [9.17, 15) is 14.4 Å². The van der Waals surface area contributed by atoms with Crippen molar-refractivity contribution in [2.45, 2.75) is 18.9 Å². The van der Waals surface area contributed by atoms with Crippen LogP contribution in [-0.2, 0) is 14.4 Å². The Balaban J connectivity index is 4.01. The highest BCUT2D eigenvalue weighted by molar-refractivity contribution is 5.89. The van der Waals surface area contributed by atoms with Gasteiger partial charge in [0.25, 0.3) is 0 Å². The van der Waals surface area contributed by atoms with Crippen molar-refractivity contribution < 1.29 is 14.4 Å². The number of carbonyl (C=O) groups excluding carboxylic acids is 3. The maximum atomic E-state index is 11.8. The highest BCUT2D eigenvalue weighted by Crippen LogP contribution is 1.97. The predicted octanol–water partition coefficient (Wildman–Crippen LogP) is -3.65. The number of nitrogens with one attached hydrogen (secondary N) is 3. The average Bonchev–Trinajstić information content (AvgIpc) is 2.42. The van der Waals surface area contributed by atoms with Crippen LogP contribution in [0.4, 0.5) is 0 Å². The lowest BCUT2D eigenvalue weighted by molar-refractivity contribution is -0.128. The number of guanidine groups is 1. The smallest absolute Gasteiger partial charge is 0.239 e. The number of hydrogen-bond acceptors (Lipinski definition) is 5. The molecular weight excluding hydrogens is 278 g/mol. The van der Waals surface area contributed by atoms with Gasteiger partial charge >= 0.3 is 0 Å². The van der Waals surface area contributed by atoms with Crippen LogP contribution in [0.3, 0.4) is 0 Å². The van der Waals surface area contributed by atoms with Gasteiger partial charge < -0.3 is 33.2 Å². The standard InChI is InChI=1S/C11H23N7O3/c1-15-7(3-2-4-16-11(13)14)10(21)18-6-9(20)17-5-8(12)19/h7,15H,2-6H2,1H3,(H2,12,19)(H,17,20)(H,18,21)(H4,13,14,16)/t7-/m0/s1. The second kappa shape index (κ2) is 10.4. The molecule has 21 heavy (non-hydrogen) atoms. The van der Waals surface area contributed by atoms with E-state index in [2.05, 4.69) is 20.9 Å². The fraction of sp³-hybridized carbons (Fsp3) is 0.636. The van der Waals surface area contributed by atoms with Gasteiger partial charge in [0.1, 0.15) is 0 Å². The lowest BCUT2D eigenvalue weighted by atomic mass is 10.1. The first kappa shape index (κ1) is 18.6. The molecule has 0 rings (SSSR count). The maximum absolute atomic E-state index is 11.8. The molecule has 0 unspecified atom stereocenters. The Bertz CT molecular complexity index is 393. The Morgan fingerprint density at radius 3 is 2.29 bits per heavy atom. The number of rotatable bonds is 10. The minimum Gasteiger partial charge on any atom is -0.370 e. The summed E-state index contributed by atoms with van der Waals surface area (Å²) in [6.45, 7) is -0.0617. The number of carbonyl (C=O) groups is 3. The fourth-order valence-electron chi connectivity index (χ4n) is 1.45. The molecule has 0 aliphatic rings. The van der Waals surface area contributed by atoms with E-state index in [0.717, 1.165) is 0 Å². The molecule has 0 aliphatic carbocycles. The highest BCUT2D eigenvalue weighted by Gasteiger charge is 2.16. The Labute approximate surface area is 122 Å². The number of primary amides is 1. The maximum Gasteiger partial charge on any atom is 0.239 e. The molecule has 9 N–H and O–H groups in total. The predicted molar refractivity (Wildman–Crippen MR) is 78.0 cm³/mol. The molecule has 0 aromatic heterocycles. The van der Waals surface area contributed by atoms with Crippen molar-refractivity contribution in [1.29, 1.82) is 0 Å². The zero-order valence-electron chi connectivity index (χ0n) is 12.0. The molecule has 0 bridgehead atoms. The molecule has 0 radical (unpaired) electrons. The van der Waals surface area contributed by atoms with Crippen molar-refractivity contribution in [3.8, 4) is 0 Å². The summed E-state index contributed by atoms with van der Waals surface area (Å²) in [5.41, 5.74) is 15.3. The van der Waals surface area contributed by atoms with Gasteiger partial charge in [0, 0.05) is 6.54 Å². The molecule has 0 saturated heterocycles. The van der Waals surface area contributed by atoms with E-state index >= 15 is 0 Å². The van der Waals surface area contributed by atoms with Gasteiger partial charge in [-0.05, 0) is 19.9 Å². The first-order chi connectivity index (χ1) is 9.86. The largest absolute Gasteiger partial charge is 0.370 e. The van der Waals surface area contributed by atoms with Crippen molar-refractivity contribution >= 4 is 23.7 Å². The highest BCUT2D eigenvalue weighted by atomic mass is 16.2. The minimum atomic E-state index is -0.650. The molecule has 3 amide bonds. The van der Waals surface area contributed by atoms with Crippen molar-refractivity contribution in [3.63, 3.8) is 0 Å². The lowest BCUT2D eigenvalue weighted by Crippen LogP contribution is -2.47. The van der Waals surface area contributed by atoms with Crippen LogP contribution in [0.25, 0.3) is 0 Å². The zero-order chi connectivity index (χ0) is 16.3. The van der Waals surface area contributed by atoms with E-state index in [1.165, 1.54) is 0 Å². The van der Waals surface area contributed by atoms with Crippen LogP contribution in [0.1, 0.15) is 12.8 Å². The zero-order valence-corrected chi connectivity index (χ0v) is 12.0. The number of nitrogens with two attached hydrogens (primary N) is 3. The number of hydrogen-bond donors (Lipinski definition) is 6. The SMILES string of the molecule is CN[C@@H](CCCN=C(N)N)C(=O)NCC(=O)NCC(N)=O. The van der Waals surface area contributed by atoms with Crippen molar-refractivity contribution in [1.82, 2.24) is 16.0 Å². The third kappa shape index (κ3) is 10.1. The van der Waals surface area contributed by atoms with Gasteiger partial charge in [-0.3, -0.25) is 19.4 Å². The summed E-state index contributed by atoms with van der Waals surface area (Å²) in [6, 6.07) is -0.455. The summed E-state index contributed by atoms with van der Waals surface area (Å²) in [4.78, 5) is 37.4. The average molecular weight is 301 g/mol. The minimum absolute atomic E-state index is 0.00609. The Kier molecular flexibility index (Phi) is 9.26. The van der Waals surface area contributed by atoms with Crippen LogP contribution in [0.15, 0.2) is 4.99 Å². The van der Waals surface area contributed by atoms with Gasteiger partial charge in [-0.15, -0.1) is 0 Å². The van der Waals surface area contributed by atoms with Crippen LogP contribution in [0, 0.1) is 0 Å². The first-order valence-electron chi connectivity index (χ1n) is 6.42. The van der Waals surface area contributed by atoms with Gasteiger partial charge in [-0.25, -0.2) is 0 Å². The summed E-state index contributed by atoms with van der Waals surface area (Å²) in [6.07, 6.45) is 1.13. The monoisotopic (exact) mass is 301 g/mol. The number of nitrogens with zero attached hydrogens (tertiary/aromatic N) is 1. The topological polar surface area (TPSA) is 178 Å². The lowest BCUT2D eigenvalue weighted by Gasteiger charge is -2.15. The van der Waals surface area contributed by atoms with Crippen LogP contribution in [0.5, 0.6) is 0 Å². The van der Waals surface area contributed by atoms with E-state index < -0.39 is 17.9 Å². The molecule has 0 saturated carbocycles. The van der Waals surface area contributed by atoms with Crippen molar-refractivity contribution in [2.75, 3.05) is 26.7 Å². The Morgan fingerprint density at radius 1 is 1.10 bits per heavy atom. The third-order valence-electron chi connectivity index (χ3n) is 2.49. The third-order valence-corrected chi connectivity index (χ3v) is 2.49. The first-order valence-corrected chi connectivity index (χ1v) is 6.42. The second-order valence-corrected chi connectivity index (χ2v) is 4.25. The van der Waals surface area contributed by atoms with Crippen molar-refractivity contribution in [2.24, 2.45) is 22.2 Å². The van der Waals surface area contributed by atoms with Crippen molar-refractivity contribution in [3.05, 3.63) is 0 Å². The van der Waals surface area contributed by atoms with E-state index in [4.69, 9.17) is 17.2 Å². The van der Waals surface area contributed by atoms with Crippen LogP contribution >= 0.6 is 0 Å². The molecule has 1 atom stereocenters. The number of amides is 3. The number of likely N-dealkylation sites (N-methyl/N-ethyl adjacent to an activating group) is 1. The molecule has 0 fully saturated rings. The van der Waals surface area contributed by atoms with Gasteiger partial charge in [0.05, 0.1) is 19.1 Å². The quantitative estimate of drug-likeness (QED) is 0.137. The summed E-state index contributed by atoms with van der Waals surface area (Å²) in [7, 11) is 1.64. The fourth-order valence-corrected chi connectivity index (χ4v) is 1.45. The van der Waals surface area contributed by atoms with E-state index in [1.54, 1.807) is 7.05 Å². The van der Waals surface area contributed by atoms with E-state index in [0.29, 0.717) is 19.4 Å². The van der Waals surface area contributed by atoms with E-state index in [-0.39, 0.29) is 25.0 Å². The van der Waals surface area contributed by atoms with Crippen LogP contribution < -0.4 is 33.2 Å². The molecule has 0 spiro atoms. The number of aliphatic imine (C=N–C) groups is 1. The summed E-state index contributed by atoms with van der Waals surface area (Å²) in [5, 5.41) is 7.56. The van der Waals surface area contributed by atoms with Gasteiger partial charge in [0.2, 0.25) is 17.7 Å². The molecule has 0 aliphatic heterocycles. The summed E-state index contributed by atoms with van der Waals surface area (Å²) < 4.78 is 0. The molecule has 10 heteroatoms.